The van der Waals surface area contributed by atoms with Gasteiger partial charge in [-0.05, 0) is 38.5 Å². The quantitative estimate of drug-likeness (QED) is 0.435. The number of rotatable bonds is 7. The zero-order chi connectivity index (χ0) is 24.4. The molecule has 10 heteroatoms. The van der Waals surface area contributed by atoms with Crippen LogP contribution in [0.15, 0.2) is 60.9 Å². The van der Waals surface area contributed by atoms with Crippen LogP contribution in [-0.2, 0) is 11.3 Å². The average molecular weight is 468 g/mol. The van der Waals surface area contributed by atoms with Gasteiger partial charge in [-0.3, -0.25) is 4.68 Å². The van der Waals surface area contributed by atoms with E-state index in [9.17, 15) is 0 Å². The Morgan fingerprint density at radius 1 is 1.23 bits per heavy atom. The van der Waals surface area contributed by atoms with E-state index in [0.717, 1.165) is 41.1 Å². The highest BCUT2D eigenvalue weighted by atomic mass is 16.5. The van der Waals surface area contributed by atoms with Gasteiger partial charge in [-0.15, -0.1) is 5.10 Å². The second-order valence-electron chi connectivity index (χ2n) is 8.68. The first-order chi connectivity index (χ1) is 17.0. The number of hydrogen-bond donors (Lipinski definition) is 1. The van der Waals surface area contributed by atoms with E-state index in [-0.39, 0.29) is 6.04 Å². The lowest BCUT2D eigenvalue weighted by Crippen LogP contribution is -2.12. The van der Waals surface area contributed by atoms with Crippen molar-refractivity contribution >= 4 is 16.7 Å². The van der Waals surface area contributed by atoms with Crippen LogP contribution < -0.4 is 5.32 Å². The molecule has 0 amide bonds. The molecule has 176 valence electrons. The van der Waals surface area contributed by atoms with Crippen LogP contribution in [0.3, 0.4) is 0 Å². The highest BCUT2D eigenvalue weighted by molar-refractivity contribution is 5.79. The van der Waals surface area contributed by atoms with E-state index in [2.05, 4.69) is 62.8 Å². The first-order valence-corrected chi connectivity index (χ1v) is 11.4. The molecule has 4 aromatic heterocycles. The van der Waals surface area contributed by atoms with Crippen molar-refractivity contribution in [1.82, 2.24) is 34.7 Å². The summed E-state index contributed by atoms with van der Waals surface area (Å²) in [6, 6.07) is 5.99. The maximum Gasteiger partial charge on any atom is 0.164 e. The second-order valence-corrected chi connectivity index (χ2v) is 8.68. The van der Waals surface area contributed by atoms with E-state index < -0.39 is 0 Å². The molecule has 0 aromatic carbocycles. The van der Waals surface area contributed by atoms with Gasteiger partial charge in [0.1, 0.15) is 17.5 Å². The summed E-state index contributed by atoms with van der Waals surface area (Å²) in [6.45, 7) is 4.88. The van der Waals surface area contributed by atoms with Gasteiger partial charge in [0.05, 0.1) is 25.1 Å². The van der Waals surface area contributed by atoms with Crippen molar-refractivity contribution in [2.45, 2.75) is 32.9 Å². The molecule has 0 aliphatic heterocycles. The summed E-state index contributed by atoms with van der Waals surface area (Å²) in [5, 5.41) is 26.6. The maximum atomic E-state index is 9.13. The summed E-state index contributed by atoms with van der Waals surface area (Å²) in [7, 11) is 1.68. The zero-order valence-corrected chi connectivity index (χ0v) is 19.8. The van der Waals surface area contributed by atoms with Crippen LogP contribution in [0.1, 0.15) is 25.8 Å². The smallest absolute Gasteiger partial charge is 0.164 e. The van der Waals surface area contributed by atoms with Gasteiger partial charge >= 0.3 is 0 Å². The van der Waals surface area contributed by atoms with Gasteiger partial charge in [0.15, 0.2) is 11.5 Å². The largest absolute Gasteiger partial charge is 0.497 e. The molecule has 4 aromatic rings. The molecule has 0 bridgehead atoms. The Bertz CT molecular complexity index is 1470. The van der Waals surface area contributed by atoms with Crippen molar-refractivity contribution in [3.05, 3.63) is 66.5 Å². The SMILES string of the molecule is COC1=CCC(Cn2cc(-c3cnc(-n4ncc5cc(C#N)cnc54)cc3NC(C)C)nn2)C=C1. The first-order valence-electron chi connectivity index (χ1n) is 11.4. The van der Waals surface area contributed by atoms with Crippen LogP contribution in [0.2, 0.25) is 0 Å². The number of aromatic nitrogens is 7. The van der Waals surface area contributed by atoms with Crippen molar-refractivity contribution in [2.75, 3.05) is 12.4 Å². The fourth-order valence-corrected chi connectivity index (χ4v) is 4.03. The lowest BCUT2D eigenvalue weighted by Gasteiger charge is -2.15. The third-order valence-electron chi connectivity index (χ3n) is 5.71. The topological polar surface area (TPSA) is 119 Å². The molecule has 35 heavy (non-hydrogen) atoms. The normalized spacial score (nSPS) is 15.3. The summed E-state index contributed by atoms with van der Waals surface area (Å²) in [4.78, 5) is 9.05. The van der Waals surface area contributed by atoms with Gasteiger partial charge in [-0.25, -0.2) is 9.97 Å². The Balaban J connectivity index is 1.44. The number of anilines is 1. The van der Waals surface area contributed by atoms with Gasteiger partial charge in [0, 0.05) is 53.6 Å². The average Bonchev–Trinajstić information content (AvgIpc) is 3.50. The minimum Gasteiger partial charge on any atom is -0.497 e. The number of methoxy groups -OCH3 is 1. The van der Waals surface area contributed by atoms with Crippen molar-refractivity contribution in [2.24, 2.45) is 5.92 Å². The van der Waals surface area contributed by atoms with Crippen molar-refractivity contribution in [3.8, 4) is 23.1 Å². The number of ether oxygens (including phenoxy) is 1. The van der Waals surface area contributed by atoms with Crippen molar-refractivity contribution in [3.63, 3.8) is 0 Å². The Morgan fingerprint density at radius 2 is 2.11 bits per heavy atom. The molecule has 0 radical (unpaired) electrons. The molecule has 1 N–H and O–H groups in total. The third kappa shape index (κ3) is 4.61. The number of pyridine rings is 2. The fourth-order valence-electron chi connectivity index (χ4n) is 4.03. The van der Waals surface area contributed by atoms with E-state index >= 15 is 0 Å². The van der Waals surface area contributed by atoms with E-state index in [1.54, 1.807) is 30.3 Å². The van der Waals surface area contributed by atoms with E-state index in [4.69, 9.17) is 10.00 Å². The molecular weight excluding hydrogens is 442 g/mol. The Kier molecular flexibility index (Phi) is 5.97. The molecule has 1 unspecified atom stereocenters. The minimum absolute atomic E-state index is 0.193. The standard InChI is InChI=1S/C25H25N9O/c1-16(2)30-22-9-24(34-25-19(12-29-34)8-18(10-26)11-28-25)27-13-21(22)23-15-33(32-31-23)14-17-4-6-20(35-3)7-5-17/h4,6-9,11-13,15-17H,5,14H2,1-3H3,(H,27,30). The fraction of sp³-hybridized carbons (Fsp3) is 0.280. The lowest BCUT2D eigenvalue weighted by molar-refractivity contribution is 0.300. The van der Waals surface area contributed by atoms with Gasteiger partial charge in [-0.2, -0.15) is 15.0 Å². The molecule has 0 fully saturated rings. The first kappa shape index (κ1) is 22.3. The molecular formula is C25H25N9O. The zero-order valence-electron chi connectivity index (χ0n) is 19.8. The lowest BCUT2D eigenvalue weighted by atomic mass is 10.0. The Labute approximate surface area is 202 Å². The second kappa shape index (κ2) is 9.38. The number of allylic oxidation sites excluding steroid dienone is 3. The van der Waals surface area contributed by atoms with Crippen LogP contribution in [0, 0.1) is 17.2 Å². The Hall–Kier alpha value is -4.52. The van der Waals surface area contributed by atoms with E-state index in [1.807, 2.05) is 23.0 Å². The molecule has 1 atom stereocenters. The third-order valence-corrected chi connectivity index (χ3v) is 5.71. The van der Waals surface area contributed by atoms with Crippen molar-refractivity contribution < 1.29 is 4.74 Å². The van der Waals surface area contributed by atoms with Crippen LogP contribution in [0.5, 0.6) is 0 Å². The van der Waals surface area contributed by atoms with Crippen LogP contribution >= 0.6 is 0 Å². The van der Waals surface area contributed by atoms with Crippen LogP contribution in [0.25, 0.3) is 28.1 Å². The summed E-state index contributed by atoms with van der Waals surface area (Å²) >= 11 is 0. The van der Waals surface area contributed by atoms with Crippen LogP contribution in [0.4, 0.5) is 5.69 Å². The minimum atomic E-state index is 0.193. The van der Waals surface area contributed by atoms with Gasteiger partial charge in [0.2, 0.25) is 0 Å². The number of nitrogens with zero attached hydrogens (tertiary/aromatic N) is 8. The summed E-state index contributed by atoms with van der Waals surface area (Å²) < 4.78 is 8.80. The number of nitrogens with one attached hydrogen (secondary N) is 1. The molecule has 1 aliphatic rings. The summed E-state index contributed by atoms with van der Waals surface area (Å²) in [6.07, 6.45) is 14.1. The van der Waals surface area contributed by atoms with Gasteiger partial charge in [-0.1, -0.05) is 11.3 Å². The van der Waals surface area contributed by atoms with E-state index in [0.29, 0.717) is 22.9 Å². The molecule has 0 saturated carbocycles. The molecule has 1 aliphatic carbocycles. The number of nitriles is 1. The summed E-state index contributed by atoms with van der Waals surface area (Å²) in [5.41, 5.74) is 3.59. The molecule has 4 heterocycles. The molecule has 0 saturated heterocycles. The van der Waals surface area contributed by atoms with Gasteiger partial charge in [0.25, 0.3) is 0 Å². The number of fused-ring (bicyclic) bond motifs is 1. The molecule has 5 rings (SSSR count). The van der Waals surface area contributed by atoms with Crippen LogP contribution in [-0.4, -0.2) is 47.9 Å². The predicted octanol–water partition coefficient (Wildman–Crippen LogP) is 3.87. The molecule has 0 spiro atoms. The van der Waals surface area contributed by atoms with Gasteiger partial charge < -0.3 is 10.1 Å². The monoisotopic (exact) mass is 467 g/mol. The highest BCUT2D eigenvalue weighted by Crippen LogP contribution is 2.29. The molecule has 10 nitrogen and oxygen atoms in total. The predicted molar refractivity (Wildman–Crippen MR) is 131 cm³/mol. The number of hydrogen-bond acceptors (Lipinski definition) is 8. The summed E-state index contributed by atoms with van der Waals surface area (Å²) in [5.74, 6) is 1.84. The van der Waals surface area contributed by atoms with Crippen molar-refractivity contribution in [1.29, 1.82) is 5.26 Å². The van der Waals surface area contributed by atoms with E-state index in [1.165, 1.54) is 6.20 Å². The highest BCUT2D eigenvalue weighted by Gasteiger charge is 2.17. The maximum absolute atomic E-state index is 9.13. The Morgan fingerprint density at radius 3 is 2.86 bits per heavy atom.